The van der Waals surface area contributed by atoms with E-state index in [4.69, 9.17) is 11.6 Å². The summed E-state index contributed by atoms with van der Waals surface area (Å²) in [6.07, 6.45) is 4.63. The first-order valence-electron chi connectivity index (χ1n) is 9.40. The molecular weight excluding hydrogens is 402 g/mol. The summed E-state index contributed by atoms with van der Waals surface area (Å²) in [5.41, 5.74) is 3.22. The van der Waals surface area contributed by atoms with Gasteiger partial charge in [-0.15, -0.1) is 6.58 Å². The molecule has 4 rings (SSSR count). The molecule has 0 unspecified atom stereocenters. The zero-order valence-corrected chi connectivity index (χ0v) is 17.4. The van der Waals surface area contributed by atoms with Crippen LogP contribution in [0.2, 0.25) is 5.02 Å². The quantitative estimate of drug-likeness (QED) is 0.351. The van der Waals surface area contributed by atoms with E-state index in [-0.39, 0.29) is 17.9 Å². The van der Waals surface area contributed by atoms with E-state index in [1.54, 1.807) is 29.0 Å². The Kier molecular flexibility index (Phi) is 5.13. The van der Waals surface area contributed by atoms with Crippen molar-refractivity contribution in [3.63, 3.8) is 0 Å². The SMILES string of the molecule is C=CCn1c(C)cc(C(=O)Cn2cnc3c(cnn3-c3cccc(Cl)c3)c2=O)c1C. The molecule has 3 aromatic heterocycles. The normalized spacial score (nSPS) is 11.2. The summed E-state index contributed by atoms with van der Waals surface area (Å²) < 4.78 is 4.88. The summed E-state index contributed by atoms with van der Waals surface area (Å²) in [4.78, 5) is 30.2. The van der Waals surface area contributed by atoms with Crippen LogP contribution in [0, 0.1) is 13.8 Å². The van der Waals surface area contributed by atoms with Crippen LogP contribution in [0.4, 0.5) is 0 Å². The molecule has 1 aromatic carbocycles. The lowest BCUT2D eigenvalue weighted by molar-refractivity contribution is 0.0970. The fourth-order valence-electron chi connectivity index (χ4n) is 3.59. The average Bonchev–Trinajstić information content (AvgIpc) is 3.27. The number of allylic oxidation sites excluding steroid dienone is 1. The predicted octanol–water partition coefficient (Wildman–Crippen LogP) is 3.72. The molecule has 152 valence electrons. The van der Waals surface area contributed by atoms with Gasteiger partial charge in [0.05, 0.1) is 18.4 Å². The number of rotatable bonds is 6. The molecule has 0 saturated heterocycles. The van der Waals surface area contributed by atoms with Crippen molar-refractivity contribution in [1.29, 1.82) is 0 Å². The van der Waals surface area contributed by atoms with Gasteiger partial charge in [-0.05, 0) is 38.1 Å². The average molecular weight is 422 g/mol. The molecule has 0 atom stereocenters. The van der Waals surface area contributed by atoms with Gasteiger partial charge in [-0.2, -0.15) is 5.10 Å². The Hall–Kier alpha value is -3.45. The molecule has 0 amide bonds. The minimum absolute atomic E-state index is 0.0947. The number of halogens is 1. The Morgan fingerprint density at radius 2 is 2.07 bits per heavy atom. The zero-order chi connectivity index (χ0) is 21.4. The third-order valence-electron chi connectivity index (χ3n) is 5.11. The molecule has 30 heavy (non-hydrogen) atoms. The van der Waals surface area contributed by atoms with Crippen LogP contribution in [0.25, 0.3) is 16.7 Å². The highest BCUT2D eigenvalue weighted by Gasteiger charge is 2.18. The van der Waals surface area contributed by atoms with Crippen molar-refractivity contribution < 1.29 is 4.79 Å². The molecule has 0 N–H and O–H groups in total. The van der Waals surface area contributed by atoms with Gasteiger partial charge < -0.3 is 4.57 Å². The van der Waals surface area contributed by atoms with Gasteiger partial charge in [0.1, 0.15) is 11.7 Å². The van der Waals surface area contributed by atoms with Crippen LogP contribution in [0.1, 0.15) is 21.7 Å². The van der Waals surface area contributed by atoms with E-state index < -0.39 is 0 Å². The van der Waals surface area contributed by atoms with Crippen LogP contribution >= 0.6 is 11.6 Å². The number of ketones is 1. The summed E-state index contributed by atoms with van der Waals surface area (Å²) in [6, 6.07) is 8.97. The summed E-state index contributed by atoms with van der Waals surface area (Å²) in [6.45, 7) is 8.12. The molecule has 7 nitrogen and oxygen atoms in total. The van der Waals surface area contributed by atoms with Crippen molar-refractivity contribution in [2.45, 2.75) is 26.9 Å². The smallest absolute Gasteiger partial charge is 0.264 e. The predicted molar refractivity (Wildman–Crippen MR) is 117 cm³/mol. The molecule has 0 aliphatic rings. The Balaban J connectivity index is 1.69. The fraction of sp³-hybridized carbons (Fsp3) is 0.182. The van der Waals surface area contributed by atoms with Crippen molar-refractivity contribution in [2.75, 3.05) is 0 Å². The molecule has 0 saturated carbocycles. The summed E-state index contributed by atoms with van der Waals surface area (Å²) >= 11 is 6.06. The van der Waals surface area contributed by atoms with E-state index in [1.165, 1.54) is 17.1 Å². The maximum absolute atomic E-state index is 12.9. The van der Waals surface area contributed by atoms with Gasteiger partial charge in [0, 0.05) is 28.5 Å². The second-order valence-corrected chi connectivity index (χ2v) is 7.49. The lowest BCUT2D eigenvalue weighted by Crippen LogP contribution is -2.25. The molecule has 3 heterocycles. The summed E-state index contributed by atoms with van der Waals surface area (Å²) in [5.74, 6) is -0.149. The van der Waals surface area contributed by atoms with Gasteiger partial charge in [-0.25, -0.2) is 9.67 Å². The Bertz CT molecular complexity index is 1350. The van der Waals surface area contributed by atoms with Crippen LogP contribution in [0.15, 0.2) is 60.3 Å². The molecule has 0 bridgehead atoms. The van der Waals surface area contributed by atoms with E-state index >= 15 is 0 Å². The number of hydrogen-bond acceptors (Lipinski definition) is 4. The van der Waals surface area contributed by atoms with E-state index in [0.717, 1.165) is 11.4 Å². The molecule has 0 aliphatic heterocycles. The first kappa shape index (κ1) is 19.8. The largest absolute Gasteiger partial charge is 0.345 e. The van der Waals surface area contributed by atoms with Crippen molar-refractivity contribution in [3.05, 3.63) is 87.8 Å². The third kappa shape index (κ3) is 3.37. The molecule has 4 aromatic rings. The van der Waals surface area contributed by atoms with Crippen molar-refractivity contribution in [2.24, 2.45) is 0 Å². The minimum atomic E-state index is -0.318. The highest BCUT2D eigenvalue weighted by atomic mass is 35.5. The Morgan fingerprint density at radius 3 is 2.80 bits per heavy atom. The molecule has 8 heteroatoms. The summed E-state index contributed by atoms with van der Waals surface area (Å²) in [7, 11) is 0. The first-order chi connectivity index (χ1) is 14.4. The van der Waals surface area contributed by atoms with Crippen LogP contribution in [0.5, 0.6) is 0 Å². The van der Waals surface area contributed by atoms with Gasteiger partial charge in [0.25, 0.3) is 5.56 Å². The van der Waals surface area contributed by atoms with Gasteiger partial charge in [0.15, 0.2) is 11.4 Å². The Labute approximate surface area is 177 Å². The van der Waals surface area contributed by atoms with Crippen molar-refractivity contribution >= 4 is 28.4 Å². The number of nitrogens with zero attached hydrogens (tertiary/aromatic N) is 5. The number of aromatic nitrogens is 5. The molecule has 0 aliphatic carbocycles. The molecule has 0 radical (unpaired) electrons. The number of carbonyl (C=O) groups is 1. The fourth-order valence-corrected chi connectivity index (χ4v) is 3.78. The number of benzene rings is 1. The van der Waals surface area contributed by atoms with Crippen LogP contribution < -0.4 is 5.56 Å². The van der Waals surface area contributed by atoms with Crippen LogP contribution in [-0.4, -0.2) is 29.7 Å². The number of fused-ring (bicyclic) bond motifs is 1. The van der Waals surface area contributed by atoms with Gasteiger partial charge in [-0.1, -0.05) is 23.7 Å². The minimum Gasteiger partial charge on any atom is -0.345 e. The topological polar surface area (TPSA) is 74.7 Å². The molecule has 0 fully saturated rings. The summed E-state index contributed by atoms with van der Waals surface area (Å²) in [5, 5.41) is 5.17. The number of aryl methyl sites for hydroxylation is 1. The third-order valence-corrected chi connectivity index (χ3v) is 5.34. The second kappa shape index (κ2) is 7.76. The van der Waals surface area contributed by atoms with Crippen molar-refractivity contribution in [3.8, 4) is 5.69 Å². The monoisotopic (exact) mass is 421 g/mol. The number of Topliss-reactive ketones (excluding diaryl/α,β-unsaturated/α-hetero) is 1. The standard InChI is InChI=1S/C22H20ClN5O2/c1-4-8-27-14(2)9-18(15(27)3)20(29)12-26-13-24-21-19(22(26)30)11-25-28(21)17-7-5-6-16(23)10-17/h4-7,9-11,13H,1,8,12H2,2-3H3. The zero-order valence-electron chi connectivity index (χ0n) is 16.7. The van der Waals surface area contributed by atoms with Gasteiger partial charge in [-0.3, -0.25) is 14.2 Å². The van der Waals surface area contributed by atoms with Crippen LogP contribution in [-0.2, 0) is 13.1 Å². The highest BCUT2D eigenvalue weighted by Crippen LogP contribution is 2.19. The molecule has 0 spiro atoms. The lowest BCUT2D eigenvalue weighted by atomic mass is 10.1. The maximum atomic E-state index is 12.9. The van der Waals surface area contributed by atoms with Crippen LogP contribution in [0.3, 0.4) is 0 Å². The maximum Gasteiger partial charge on any atom is 0.264 e. The van der Waals surface area contributed by atoms with Gasteiger partial charge in [0.2, 0.25) is 0 Å². The number of hydrogen-bond donors (Lipinski definition) is 0. The van der Waals surface area contributed by atoms with E-state index in [2.05, 4.69) is 16.7 Å². The van der Waals surface area contributed by atoms with Crippen molar-refractivity contribution in [1.82, 2.24) is 23.9 Å². The van der Waals surface area contributed by atoms with E-state index in [0.29, 0.717) is 33.9 Å². The lowest BCUT2D eigenvalue weighted by Gasteiger charge is -2.08. The van der Waals surface area contributed by atoms with E-state index in [9.17, 15) is 9.59 Å². The highest BCUT2D eigenvalue weighted by molar-refractivity contribution is 6.30. The second-order valence-electron chi connectivity index (χ2n) is 7.06. The van der Waals surface area contributed by atoms with Gasteiger partial charge >= 0.3 is 0 Å². The Morgan fingerprint density at radius 1 is 1.27 bits per heavy atom. The first-order valence-corrected chi connectivity index (χ1v) is 9.78. The number of carbonyl (C=O) groups excluding carboxylic acids is 1. The van der Waals surface area contributed by atoms with E-state index in [1.807, 2.05) is 30.5 Å². The molecular formula is C22H20ClN5O2.